The molecule has 26 heavy (non-hydrogen) atoms. The largest absolute Gasteiger partial charge is 0.495 e. The van der Waals surface area contributed by atoms with Crippen molar-refractivity contribution in [1.29, 1.82) is 0 Å². The van der Waals surface area contributed by atoms with Crippen molar-refractivity contribution in [2.45, 2.75) is 11.3 Å². The first-order chi connectivity index (χ1) is 12.5. The van der Waals surface area contributed by atoms with Crippen LogP contribution in [0.4, 0.5) is 0 Å². The van der Waals surface area contributed by atoms with E-state index in [0.717, 1.165) is 19.5 Å². The van der Waals surface area contributed by atoms with Crippen molar-refractivity contribution in [3.05, 3.63) is 23.8 Å². The molecule has 0 aliphatic carbocycles. The summed E-state index contributed by atoms with van der Waals surface area (Å²) in [5, 5.41) is 3.25. The summed E-state index contributed by atoms with van der Waals surface area (Å²) in [5.74, 6) is 0.0837. The van der Waals surface area contributed by atoms with Crippen LogP contribution in [-0.4, -0.2) is 83.1 Å². The molecular weight excluding hydrogens is 358 g/mol. The van der Waals surface area contributed by atoms with Gasteiger partial charge in [0.1, 0.15) is 10.6 Å². The van der Waals surface area contributed by atoms with Crippen molar-refractivity contribution in [2.24, 2.45) is 0 Å². The number of ether oxygens (including phenoxy) is 2. The predicted molar refractivity (Wildman–Crippen MR) is 96.0 cm³/mol. The van der Waals surface area contributed by atoms with Gasteiger partial charge in [-0.05, 0) is 31.2 Å². The number of morpholine rings is 1. The first kappa shape index (κ1) is 19.1. The molecule has 0 spiro atoms. The van der Waals surface area contributed by atoms with Crippen molar-refractivity contribution in [1.82, 2.24) is 14.5 Å². The molecular formula is C17H25N3O5S. The normalized spacial score (nSPS) is 19.8. The molecule has 2 aliphatic heterocycles. The molecule has 1 aromatic carbocycles. The van der Waals surface area contributed by atoms with E-state index < -0.39 is 10.0 Å². The van der Waals surface area contributed by atoms with Gasteiger partial charge in [0, 0.05) is 38.3 Å². The van der Waals surface area contributed by atoms with Crippen LogP contribution in [-0.2, 0) is 14.8 Å². The van der Waals surface area contributed by atoms with Gasteiger partial charge in [-0.15, -0.1) is 0 Å². The third-order valence-electron chi connectivity index (χ3n) is 4.63. The van der Waals surface area contributed by atoms with E-state index in [2.05, 4.69) is 5.32 Å². The summed E-state index contributed by atoms with van der Waals surface area (Å²) in [6.07, 6.45) is 0.876. The lowest BCUT2D eigenvalue weighted by Gasteiger charge is -2.27. The first-order valence-corrected chi connectivity index (χ1v) is 10.2. The number of carbonyl (C=O) groups is 1. The van der Waals surface area contributed by atoms with Crippen LogP contribution in [0.3, 0.4) is 0 Å². The van der Waals surface area contributed by atoms with Crippen molar-refractivity contribution < 1.29 is 22.7 Å². The minimum absolute atomic E-state index is 0.0284. The number of methoxy groups -OCH3 is 1. The van der Waals surface area contributed by atoms with E-state index >= 15 is 0 Å². The highest BCUT2D eigenvalue weighted by Gasteiger charge is 2.30. The molecule has 0 saturated carbocycles. The molecule has 0 radical (unpaired) electrons. The second kappa shape index (κ2) is 8.34. The van der Waals surface area contributed by atoms with Crippen LogP contribution < -0.4 is 10.1 Å². The van der Waals surface area contributed by atoms with Crippen LogP contribution in [0.25, 0.3) is 0 Å². The minimum atomic E-state index is -3.75. The number of hydrogen-bond acceptors (Lipinski definition) is 6. The molecule has 8 nitrogen and oxygen atoms in total. The minimum Gasteiger partial charge on any atom is -0.495 e. The maximum absolute atomic E-state index is 13.0. The van der Waals surface area contributed by atoms with Crippen LogP contribution in [0.2, 0.25) is 0 Å². The maximum Gasteiger partial charge on any atom is 0.253 e. The van der Waals surface area contributed by atoms with Gasteiger partial charge in [-0.3, -0.25) is 4.79 Å². The van der Waals surface area contributed by atoms with E-state index in [-0.39, 0.29) is 16.6 Å². The summed E-state index contributed by atoms with van der Waals surface area (Å²) in [6, 6.07) is 4.61. The average molecular weight is 383 g/mol. The van der Waals surface area contributed by atoms with Gasteiger partial charge in [-0.1, -0.05) is 0 Å². The summed E-state index contributed by atoms with van der Waals surface area (Å²) < 4.78 is 37.9. The van der Waals surface area contributed by atoms with E-state index in [0.29, 0.717) is 45.0 Å². The molecule has 0 bridgehead atoms. The Bertz CT molecular complexity index is 739. The quantitative estimate of drug-likeness (QED) is 0.796. The molecule has 2 aliphatic rings. The zero-order chi connectivity index (χ0) is 18.6. The molecule has 3 rings (SSSR count). The lowest BCUT2D eigenvalue weighted by Crippen LogP contribution is -2.41. The molecule has 9 heteroatoms. The first-order valence-electron chi connectivity index (χ1n) is 8.80. The molecule has 2 heterocycles. The number of sulfonamides is 1. The van der Waals surface area contributed by atoms with Crippen molar-refractivity contribution >= 4 is 15.9 Å². The summed E-state index contributed by atoms with van der Waals surface area (Å²) in [6.45, 7) is 4.19. The lowest BCUT2D eigenvalue weighted by atomic mass is 10.2. The fourth-order valence-electron chi connectivity index (χ4n) is 3.17. The number of hydrogen-bond donors (Lipinski definition) is 1. The van der Waals surface area contributed by atoms with E-state index in [1.54, 1.807) is 17.0 Å². The van der Waals surface area contributed by atoms with E-state index in [4.69, 9.17) is 9.47 Å². The van der Waals surface area contributed by atoms with Crippen LogP contribution in [0, 0.1) is 0 Å². The number of nitrogens with zero attached hydrogens (tertiary/aromatic N) is 2. The monoisotopic (exact) mass is 383 g/mol. The molecule has 1 N–H and O–H groups in total. The Morgan fingerprint density at radius 1 is 1.15 bits per heavy atom. The molecule has 2 fully saturated rings. The summed E-state index contributed by atoms with van der Waals surface area (Å²) in [4.78, 5) is 14.6. The topological polar surface area (TPSA) is 88.2 Å². The lowest BCUT2D eigenvalue weighted by molar-refractivity contribution is 0.0729. The predicted octanol–water partition coefficient (Wildman–Crippen LogP) is 0.152. The zero-order valence-corrected chi connectivity index (χ0v) is 15.8. The van der Waals surface area contributed by atoms with Crippen LogP contribution in [0.1, 0.15) is 16.8 Å². The summed E-state index contributed by atoms with van der Waals surface area (Å²) in [5.41, 5.74) is 0.361. The van der Waals surface area contributed by atoms with Gasteiger partial charge >= 0.3 is 0 Å². The second-order valence-corrected chi connectivity index (χ2v) is 8.18. The highest BCUT2D eigenvalue weighted by atomic mass is 32.2. The fraction of sp³-hybridized carbons (Fsp3) is 0.588. The number of amides is 1. The van der Waals surface area contributed by atoms with E-state index in [1.807, 2.05) is 0 Å². The number of nitrogens with one attached hydrogen (secondary N) is 1. The van der Waals surface area contributed by atoms with Crippen molar-refractivity contribution in [2.75, 3.05) is 59.6 Å². The van der Waals surface area contributed by atoms with Crippen LogP contribution >= 0.6 is 0 Å². The molecule has 2 saturated heterocycles. The van der Waals surface area contributed by atoms with Gasteiger partial charge < -0.3 is 19.7 Å². The SMILES string of the molecule is COc1ccc(C(=O)N2CCCNCC2)cc1S(=O)(=O)N1CCOCC1. The average Bonchev–Trinajstić information content (AvgIpc) is 2.97. The molecule has 0 atom stereocenters. The molecule has 0 unspecified atom stereocenters. The molecule has 1 amide bonds. The van der Waals surface area contributed by atoms with Crippen LogP contribution in [0.5, 0.6) is 5.75 Å². The van der Waals surface area contributed by atoms with Gasteiger partial charge in [-0.25, -0.2) is 8.42 Å². The summed E-state index contributed by atoms with van der Waals surface area (Å²) in [7, 11) is -2.33. The third kappa shape index (κ3) is 4.01. The van der Waals surface area contributed by atoms with E-state index in [9.17, 15) is 13.2 Å². The Kier molecular flexibility index (Phi) is 6.13. The highest BCUT2D eigenvalue weighted by molar-refractivity contribution is 7.89. The van der Waals surface area contributed by atoms with Crippen molar-refractivity contribution in [3.63, 3.8) is 0 Å². The van der Waals surface area contributed by atoms with Crippen LogP contribution in [0.15, 0.2) is 23.1 Å². The van der Waals surface area contributed by atoms with Gasteiger partial charge in [0.25, 0.3) is 5.91 Å². The molecule has 0 aromatic heterocycles. The molecule has 1 aromatic rings. The third-order valence-corrected chi connectivity index (χ3v) is 6.55. The smallest absolute Gasteiger partial charge is 0.253 e. The zero-order valence-electron chi connectivity index (χ0n) is 14.9. The number of benzene rings is 1. The number of rotatable bonds is 4. The van der Waals surface area contributed by atoms with Gasteiger partial charge in [0.2, 0.25) is 10.0 Å². The second-order valence-electron chi connectivity index (χ2n) is 6.28. The Morgan fingerprint density at radius 3 is 2.65 bits per heavy atom. The summed E-state index contributed by atoms with van der Waals surface area (Å²) >= 11 is 0. The fourth-order valence-corrected chi connectivity index (χ4v) is 4.76. The van der Waals surface area contributed by atoms with Gasteiger partial charge in [0.15, 0.2) is 0 Å². The Balaban J connectivity index is 1.92. The Hall–Kier alpha value is -1.68. The highest BCUT2D eigenvalue weighted by Crippen LogP contribution is 2.29. The van der Waals surface area contributed by atoms with E-state index in [1.165, 1.54) is 17.5 Å². The van der Waals surface area contributed by atoms with Gasteiger partial charge in [-0.2, -0.15) is 4.31 Å². The van der Waals surface area contributed by atoms with Crippen molar-refractivity contribution in [3.8, 4) is 5.75 Å². The molecule has 144 valence electrons. The maximum atomic E-state index is 13.0. The Morgan fingerprint density at radius 2 is 1.92 bits per heavy atom. The number of carbonyl (C=O) groups excluding carboxylic acids is 1. The Labute approximate surface area is 154 Å². The standard InChI is InChI=1S/C17H25N3O5S/c1-24-15-4-3-14(17(21)19-7-2-5-18-6-8-19)13-16(15)26(22,23)20-9-11-25-12-10-20/h3-4,13,18H,2,5-12H2,1H3. The van der Waals surface area contributed by atoms with Gasteiger partial charge in [0.05, 0.1) is 20.3 Å².